The summed E-state index contributed by atoms with van der Waals surface area (Å²) in [4.78, 5) is 14.2. The fourth-order valence-corrected chi connectivity index (χ4v) is 4.00. The first kappa shape index (κ1) is 18.8. The van der Waals surface area contributed by atoms with Gasteiger partial charge < -0.3 is 15.0 Å². The number of carbonyl (C=O) groups is 1. The minimum Gasteiger partial charge on any atom is -0.482 e. The zero-order valence-corrected chi connectivity index (χ0v) is 16.0. The van der Waals surface area contributed by atoms with Gasteiger partial charge in [-0.15, -0.1) is 12.4 Å². The van der Waals surface area contributed by atoms with Gasteiger partial charge in [-0.05, 0) is 49.4 Å². The highest BCUT2D eigenvalue weighted by Crippen LogP contribution is 2.37. The van der Waals surface area contributed by atoms with Crippen molar-refractivity contribution in [2.75, 3.05) is 32.8 Å². The second kappa shape index (κ2) is 8.06. The van der Waals surface area contributed by atoms with Gasteiger partial charge in [0, 0.05) is 24.1 Å². The molecule has 128 valence electrons. The molecule has 0 radical (unpaired) electrons. The van der Waals surface area contributed by atoms with Gasteiger partial charge >= 0.3 is 0 Å². The van der Waals surface area contributed by atoms with Crippen molar-refractivity contribution in [3.8, 4) is 5.75 Å². The van der Waals surface area contributed by atoms with Crippen molar-refractivity contribution in [3.05, 3.63) is 27.7 Å². The Morgan fingerprint density at radius 2 is 2.09 bits per heavy atom. The highest BCUT2D eigenvalue weighted by molar-refractivity contribution is 9.10. The molecule has 2 aliphatic heterocycles. The van der Waals surface area contributed by atoms with Gasteiger partial charge in [-0.25, -0.2) is 0 Å². The number of nitrogens with one attached hydrogen (secondary N) is 1. The number of carbonyl (C=O) groups excluding carboxylic acids is 1. The Labute approximate surface area is 156 Å². The lowest BCUT2D eigenvalue weighted by molar-refractivity contribution is -0.135. The van der Waals surface area contributed by atoms with E-state index in [1.54, 1.807) is 12.1 Å². The number of nitrogens with zero attached hydrogens (tertiary/aromatic N) is 1. The van der Waals surface area contributed by atoms with E-state index in [-0.39, 0.29) is 24.9 Å². The third-order valence-electron chi connectivity index (χ3n) is 4.75. The molecule has 2 heterocycles. The van der Waals surface area contributed by atoms with Gasteiger partial charge in [0.25, 0.3) is 5.91 Å². The number of halogens is 3. The van der Waals surface area contributed by atoms with Crippen LogP contribution in [-0.2, 0) is 4.79 Å². The van der Waals surface area contributed by atoms with Crippen LogP contribution in [0.2, 0.25) is 5.02 Å². The Morgan fingerprint density at radius 1 is 1.35 bits per heavy atom. The molecule has 0 bridgehead atoms. The van der Waals surface area contributed by atoms with Crippen LogP contribution in [0.4, 0.5) is 0 Å². The molecule has 0 aromatic heterocycles. The van der Waals surface area contributed by atoms with E-state index in [0.29, 0.717) is 16.2 Å². The Kier molecular flexibility index (Phi) is 6.60. The lowest BCUT2D eigenvalue weighted by Crippen LogP contribution is -2.45. The first-order chi connectivity index (χ1) is 10.6. The summed E-state index contributed by atoms with van der Waals surface area (Å²) in [6.45, 7) is 3.92. The van der Waals surface area contributed by atoms with Crippen molar-refractivity contribution < 1.29 is 9.53 Å². The Morgan fingerprint density at radius 3 is 2.70 bits per heavy atom. The van der Waals surface area contributed by atoms with Crippen molar-refractivity contribution >= 4 is 45.8 Å². The quantitative estimate of drug-likeness (QED) is 0.808. The average molecular weight is 424 g/mol. The van der Waals surface area contributed by atoms with Crippen molar-refractivity contribution in [1.29, 1.82) is 0 Å². The van der Waals surface area contributed by atoms with E-state index < -0.39 is 0 Å². The summed E-state index contributed by atoms with van der Waals surface area (Å²) in [6.07, 6.45) is 3.41. The van der Waals surface area contributed by atoms with Crippen LogP contribution in [0.3, 0.4) is 0 Å². The molecule has 0 atom stereocenters. The first-order valence-electron chi connectivity index (χ1n) is 7.64. The highest BCUT2D eigenvalue weighted by atomic mass is 79.9. The monoisotopic (exact) mass is 422 g/mol. The fourth-order valence-electron chi connectivity index (χ4n) is 3.28. The first-order valence-corrected chi connectivity index (χ1v) is 8.81. The van der Waals surface area contributed by atoms with Crippen LogP contribution in [0.25, 0.3) is 0 Å². The molecule has 0 unspecified atom stereocenters. The predicted molar refractivity (Wildman–Crippen MR) is 97.6 cm³/mol. The number of ether oxygens (including phenoxy) is 1. The number of piperidine rings is 1. The fraction of sp³-hybridized carbons (Fsp3) is 0.562. The van der Waals surface area contributed by atoms with Gasteiger partial charge in [-0.3, -0.25) is 4.79 Å². The molecule has 1 aromatic rings. The summed E-state index contributed by atoms with van der Waals surface area (Å²) >= 11 is 9.44. The van der Waals surface area contributed by atoms with Gasteiger partial charge in [0.05, 0.1) is 5.02 Å². The zero-order valence-electron chi connectivity index (χ0n) is 12.8. The summed E-state index contributed by atoms with van der Waals surface area (Å²) in [7, 11) is 0. The Balaban J connectivity index is 0.00000192. The van der Waals surface area contributed by atoms with Crippen molar-refractivity contribution in [1.82, 2.24) is 10.2 Å². The van der Waals surface area contributed by atoms with Gasteiger partial charge in [0.2, 0.25) is 0 Å². The smallest absolute Gasteiger partial charge is 0.260 e. The van der Waals surface area contributed by atoms with Crippen LogP contribution >= 0.6 is 39.9 Å². The second-order valence-corrected chi connectivity index (χ2v) is 7.49. The van der Waals surface area contributed by atoms with Crippen LogP contribution < -0.4 is 10.1 Å². The van der Waals surface area contributed by atoms with Gasteiger partial charge in [0.1, 0.15) is 5.75 Å². The van der Waals surface area contributed by atoms with Crippen molar-refractivity contribution in [2.45, 2.75) is 19.3 Å². The van der Waals surface area contributed by atoms with Crippen molar-refractivity contribution in [2.24, 2.45) is 5.41 Å². The van der Waals surface area contributed by atoms with Crippen LogP contribution in [0.15, 0.2) is 22.7 Å². The van der Waals surface area contributed by atoms with E-state index in [4.69, 9.17) is 16.3 Å². The third kappa shape index (κ3) is 4.53. The normalized spacial score (nSPS) is 19.5. The molecule has 0 saturated carbocycles. The molecular weight excluding hydrogens is 403 g/mol. The molecule has 0 aliphatic carbocycles. The van der Waals surface area contributed by atoms with E-state index in [1.165, 1.54) is 6.42 Å². The van der Waals surface area contributed by atoms with Crippen molar-refractivity contribution in [3.63, 3.8) is 0 Å². The summed E-state index contributed by atoms with van der Waals surface area (Å²) in [5.41, 5.74) is 0.423. The van der Waals surface area contributed by atoms with Gasteiger partial charge in [-0.1, -0.05) is 27.5 Å². The summed E-state index contributed by atoms with van der Waals surface area (Å²) < 4.78 is 6.46. The minimum absolute atomic E-state index is 0. The van der Waals surface area contributed by atoms with Crippen LogP contribution in [0, 0.1) is 5.41 Å². The topological polar surface area (TPSA) is 41.6 Å². The van der Waals surface area contributed by atoms with Crippen LogP contribution in [-0.4, -0.2) is 43.6 Å². The minimum atomic E-state index is 0. The molecule has 23 heavy (non-hydrogen) atoms. The van der Waals surface area contributed by atoms with Crippen LogP contribution in [0.1, 0.15) is 19.3 Å². The van der Waals surface area contributed by atoms with Gasteiger partial charge in [0.15, 0.2) is 6.61 Å². The molecule has 3 rings (SSSR count). The number of likely N-dealkylation sites (tertiary alicyclic amines) is 1. The Bertz CT molecular complexity index is 555. The predicted octanol–water partition coefficient (Wildman–Crippen LogP) is 3.51. The molecule has 1 aromatic carbocycles. The molecule has 1 spiro atoms. The average Bonchev–Trinajstić information content (AvgIpc) is 2.95. The number of hydrogen-bond acceptors (Lipinski definition) is 3. The molecule has 4 nitrogen and oxygen atoms in total. The lowest BCUT2D eigenvalue weighted by Gasteiger charge is -2.38. The maximum atomic E-state index is 12.3. The van der Waals surface area contributed by atoms with E-state index in [1.807, 2.05) is 11.0 Å². The summed E-state index contributed by atoms with van der Waals surface area (Å²) in [5.74, 6) is 0.589. The largest absolute Gasteiger partial charge is 0.482 e. The van der Waals surface area contributed by atoms with Gasteiger partial charge in [-0.2, -0.15) is 0 Å². The molecule has 7 heteroatoms. The van der Waals surface area contributed by atoms with E-state index in [2.05, 4.69) is 21.2 Å². The standard InChI is InChI=1S/C16H20BrClN2O2.ClH/c17-12-1-2-14(13(18)9-12)22-10-15(21)20-7-4-16(5-8-20)3-6-19-11-16;/h1-2,9,19H,3-8,10-11H2;1H. The van der Waals surface area contributed by atoms with E-state index in [0.717, 1.165) is 43.5 Å². The highest BCUT2D eigenvalue weighted by Gasteiger charge is 2.38. The number of amides is 1. The second-order valence-electron chi connectivity index (χ2n) is 6.17. The maximum absolute atomic E-state index is 12.3. The molecular formula is C16H21BrCl2N2O2. The summed E-state index contributed by atoms with van der Waals surface area (Å²) in [5, 5.41) is 3.95. The van der Waals surface area contributed by atoms with Crippen LogP contribution in [0.5, 0.6) is 5.75 Å². The molecule has 2 fully saturated rings. The number of benzene rings is 1. The lowest BCUT2D eigenvalue weighted by atomic mass is 9.78. The zero-order chi connectivity index (χ0) is 15.6. The Hall–Kier alpha value is -0.490. The number of hydrogen-bond donors (Lipinski definition) is 1. The molecule has 2 saturated heterocycles. The SMILES string of the molecule is Cl.O=C(COc1ccc(Br)cc1Cl)N1CCC2(CCNC2)CC1. The van der Waals surface area contributed by atoms with E-state index >= 15 is 0 Å². The van der Waals surface area contributed by atoms with E-state index in [9.17, 15) is 4.79 Å². The molecule has 1 N–H and O–H groups in total. The molecule has 1 amide bonds. The third-order valence-corrected chi connectivity index (χ3v) is 5.54. The number of rotatable bonds is 3. The maximum Gasteiger partial charge on any atom is 0.260 e. The molecule has 2 aliphatic rings. The summed E-state index contributed by atoms with van der Waals surface area (Å²) in [6, 6.07) is 5.39.